The number of urea groups is 1. The van der Waals surface area contributed by atoms with E-state index in [4.69, 9.17) is 9.84 Å². The lowest BCUT2D eigenvalue weighted by molar-refractivity contribution is -0.139. The van der Waals surface area contributed by atoms with Crippen molar-refractivity contribution in [1.82, 2.24) is 5.32 Å². The highest BCUT2D eigenvalue weighted by Gasteiger charge is 2.37. The number of halogens is 1. The molecule has 0 saturated carbocycles. The third kappa shape index (κ3) is 4.67. The number of aryl methyl sites for hydroxylation is 2. The molecule has 3 rings (SSSR count). The van der Waals surface area contributed by atoms with Gasteiger partial charge in [-0.1, -0.05) is 12.1 Å². The number of nitrogens with zero attached hydrogens (tertiary/aromatic N) is 1. The van der Waals surface area contributed by atoms with Crippen molar-refractivity contribution < 1.29 is 29.0 Å². The lowest BCUT2D eigenvalue weighted by Gasteiger charge is -2.27. The Hall–Kier alpha value is -3.21. The maximum absolute atomic E-state index is 13.0. The van der Waals surface area contributed by atoms with Crippen molar-refractivity contribution in [3.63, 3.8) is 0 Å². The molecule has 1 aliphatic heterocycles. The number of benzene rings is 2. The zero-order valence-electron chi connectivity index (χ0n) is 16.1. The van der Waals surface area contributed by atoms with Crippen LogP contribution in [0.15, 0.2) is 42.0 Å². The topological polar surface area (TPSA) is 113 Å². The summed E-state index contributed by atoms with van der Waals surface area (Å²) in [7, 11) is 0. The van der Waals surface area contributed by atoms with Crippen LogP contribution in [-0.2, 0) is 14.4 Å². The predicted octanol–water partition coefficient (Wildman–Crippen LogP) is 3.04. The first-order valence-electron chi connectivity index (χ1n) is 8.79. The Morgan fingerprint density at radius 2 is 1.80 bits per heavy atom. The van der Waals surface area contributed by atoms with Crippen LogP contribution < -0.4 is 15.0 Å². The fourth-order valence-electron chi connectivity index (χ4n) is 3.00. The van der Waals surface area contributed by atoms with E-state index in [2.05, 4.69) is 5.32 Å². The molecule has 2 aromatic rings. The molecule has 1 fully saturated rings. The van der Waals surface area contributed by atoms with Crippen molar-refractivity contribution in [2.24, 2.45) is 0 Å². The van der Waals surface area contributed by atoms with Crippen molar-refractivity contribution >= 4 is 58.2 Å². The molecule has 2 N–H and O–H groups in total. The monoisotopic (exact) mass is 520 g/mol. The van der Waals surface area contributed by atoms with Crippen LogP contribution >= 0.6 is 22.6 Å². The van der Waals surface area contributed by atoms with Crippen molar-refractivity contribution in [3.05, 3.63) is 62.2 Å². The van der Waals surface area contributed by atoms with Crippen LogP contribution in [0, 0.1) is 17.4 Å². The number of hydrogen-bond donors (Lipinski definition) is 2. The second-order valence-corrected chi connectivity index (χ2v) is 7.84. The Kier molecular flexibility index (Phi) is 6.20. The van der Waals surface area contributed by atoms with E-state index in [-0.39, 0.29) is 5.57 Å². The third-order valence-electron chi connectivity index (χ3n) is 4.18. The molecule has 0 aromatic heterocycles. The maximum atomic E-state index is 13.0. The number of ether oxygens (including phenoxy) is 1. The first-order chi connectivity index (χ1) is 14.2. The molecule has 154 valence electrons. The number of carboxylic acid groups (broad SMARTS) is 1. The average molecular weight is 520 g/mol. The molecule has 2 aromatic carbocycles. The zero-order valence-corrected chi connectivity index (χ0v) is 18.2. The number of carbonyl (C=O) groups is 4. The smallest absolute Gasteiger partial charge is 0.341 e. The minimum Gasteiger partial charge on any atom is -0.481 e. The number of imide groups is 2. The lowest BCUT2D eigenvalue weighted by atomic mass is 10.1. The molecule has 8 nitrogen and oxygen atoms in total. The minimum atomic E-state index is -1.10. The average Bonchev–Trinajstić information content (AvgIpc) is 2.63. The Morgan fingerprint density at radius 1 is 1.13 bits per heavy atom. The quantitative estimate of drug-likeness (QED) is 0.356. The molecule has 0 aliphatic carbocycles. The molecule has 30 heavy (non-hydrogen) atoms. The van der Waals surface area contributed by atoms with E-state index in [0.717, 1.165) is 16.0 Å². The first-order valence-corrected chi connectivity index (χ1v) is 9.87. The van der Waals surface area contributed by atoms with E-state index < -0.39 is 30.4 Å². The standard InChI is InChI=1S/C21H17IN2O6/c1-11-5-12(2)7-14(6-11)24-20(28)15(19(27)23-21(24)29)8-13-3-4-17(16(22)9-13)30-10-18(25)26/h3-9H,10H2,1-2H3,(H,25,26)(H,23,27,29)/b15-8+. The highest BCUT2D eigenvalue weighted by molar-refractivity contribution is 14.1. The van der Waals surface area contributed by atoms with Gasteiger partial charge < -0.3 is 9.84 Å². The zero-order chi connectivity index (χ0) is 22.0. The number of hydrogen-bond acceptors (Lipinski definition) is 5. The van der Waals surface area contributed by atoms with Gasteiger partial charge in [0.2, 0.25) is 0 Å². The molecule has 9 heteroatoms. The van der Waals surface area contributed by atoms with Gasteiger partial charge in [-0.15, -0.1) is 0 Å². The molecule has 1 aliphatic rings. The SMILES string of the molecule is Cc1cc(C)cc(N2C(=O)NC(=O)/C(=C\c3ccc(OCC(=O)O)c(I)c3)C2=O)c1. The van der Waals surface area contributed by atoms with Gasteiger partial charge >= 0.3 is 12.0 Å². The summed E-state index contributed by atoms with van der Waals surface area (Å²) >= 11 is 1.96. The van der Waals surface area contributed by atoms with Crippen LogP contribution in [0.2, 0.25) is 0 Å². The number of amides is 4. The van der Waals surface area contributed by atoms with Gasteiger partial charge in [-0.2, -0.15) is 0 Å². The highest BCUT2D eigenvalue weighted by atomic mass is 127. The van der Waals surface area contributed by atoms with Crippen LogP contribution in [0.25, 0.3) is 6.08 Å². The Bertz CT molecular complexity index is 1090. The summed E-state index contributed by atoms with van der Waals surface area (Å²) in [4.78, 5) is 49.2. The van der Waals surface area contributed by atoms with Gasteiger partial charge in [0.1, 0.15) is 11.3 Å². The molecule has 0 unspecified atom stereocenters. The maximum Gasteiger partial charge on any atom is 0.341 e. The summed E-state index contributed by atoms with van der Waals surface area (Å²) in [5.41, 5.74) is 2.46. The lowest BCUT2D eigenvalue weighted by Crippen LogP contribution is -2.54. The number of aliphatic carboxylic acids is 1. The Balaban J connectivity index is 1.94. The van der Waals surface area contributed by atoms with Gasteiger partial charge in [-0.05, 0) is 83.5 Å². The summed E-state index contributed by atoms with van der Waals surface area (Å²) in [6, 6.07) is 9.26. The second kappa shape index (κ2) is 8.66. The molecular weight excluding hydrogens is 503 g/mol. The highest BCUT2D eigenvalue weighted by Crippen LogP contribution is 2.26. The Labute approximate surface area is 185 Å². The minimum absolute atomic E-state index is 0.191. The summed E-state index contributed by atoms with van der Waals surface area (Å²) < 4.78 is 5.78. The van der Waals surface area contributed by atoms with Crippen LogP contribution in [0.5, 0.6) is 5.75 Å². The fraction of sp³-hybridized carbons (Fsp3) is 0.143. The molecule has 0 atom stereocenters. The van der Waals surface area contributed by atoms with E-state index in [1.165, 1.54) is 6.08 Å². The summed E-state index contributed by atoms with van der Waals surface area (Å²) in [6.07, 6.45) is 1.38. The third-order valence-corrected chi connectivity index (χ3v) is 5.03. The van der Waals surface area contributed by atoms with Gasteiger partial charge in [-0.25, -0.2) is 14.5 Å². The predicted molar refractivity (Wildman–Crippen MR) is 117 cm³/mol. The second-order valence-electron chi connectivity index (χ2n) is 6.68. The molecule has 0 bridgehead atoms. The normalized spacial score (nSPS) is 15.4. The van der Waals surface area contributed by atoms with E-state index in [1.54, 1.807) is 30.3 Å². The number of carbonyl (C=O) groups excluding carboxylic acids is 3. The number of rotatable bonds is 5. The van der Waals surface area contributed by atoms with Gasteiger partial charge in [0.05, 0.1) is 9.26 Å². The number of anilines is 1. The fourth-order valence-corrected chi connectivity index (χ4v) is 3.70. The van der Waals surface area contributed by atoms with E-state index in [9.17, 15) is 19.2 Å². The number of carboxylic acids is 1. The molecule has 0 radical (unpaired) electrons. The summed E-state index contributed by atoms with van der Waals surface area (Å²) in [5, 5.41) is 10.9. The van der Waals surface area contributed by atoms with Gasteiger partial charge in [-0.3, -0.25) is 14.9 Å². The Morgan fingerprint density at radius 3 is 2.40 bits per heavy atom. The molecule has 1 heterocycles. The number of barbiturate groups is 1. The van der Waals surface area contributed by atoms with E-state index >= 15 is 0 Å². The first kappa shape index (κ1) is 21.5. The van der Waals surface area contributed by atoms with Crippen molar-refractivity contribution in [2.75, 3.05) is 11.5 Å². The molecule has 0 spiro atoms. The van der Waals surface area contributed by atoms with Gasteiger partial charge in [0, 0.05) is 0 Å². The van der Waals surface area contributed by atoms with Crippen molar-refractivity contribution in [1.29, 1.82) is 0 Å². The van der Waals surface area contributed by atoms with Gasteiger partial charge in [0.25, 0.3) is 11.8 Å². The van der Waals surface area contributed by atoms with Crippen LogP contribution in [0.4, 0.5) is 10.5 Å². The van der Waals surface area contributed by atoms with Crippen molar-refractivity contribution in [3.8, 4) is 5.75 Å². The summed E-state index contributed by atoms with van der Waals surface area (Å²) in [6.45, 7) is 3.21. The van der Waals surface area contributed by atoms with E-state index in [0.29, 0.717) is 20.6 Å². The van der Waals surface area contributed by atoms with Gasteiger partial charge in [0.15, 0.2) is 6.61 Å². The van der Waals surface area contributed by atoms with Crippen LogP contribution in [0.3, 0.4) is 0 Å². The molecule has 4 amide bonds. The molecule has 1 saturated heterocycles. The largest absolute Gasteiger partial charge is 0.481 e. The number of nitrogens with one attached hydrogen (secondary N) is 1. The van der Waals surface area contributed by atoms with E-state index in [1.807, 2.05) is 42.5 Å². The van der Waals surface area contributed by atoms with Crippen molar-refractivity contribution in [2.45, 2.75) is 13.8 Å². The summed E-state index contributed by atoms with van der Waals surface area (Å²) in [5.74, 6) is -2.24. The molecular formula is C21H17IN2O6. The van der Waals surface area contributed by atoms with Crippen LogP contribution in [-0.4, -0.2) is 35.5 Å². The van der Waals surface area contributed by atoms with Crippen LogP contribution in [0.1, 0.15) is 16.7 Å².